The molecule has 80 valence electrons. The van der Waals surface area contributed by atoms with Crippen molar-refractivity contribution in [1.29, 1.82) is 0 Å². The van der Waals surface area contributed by atoms with Gasteiger partial charge in [-0.15, -0.1) is 12.4 Å². The number of hydrogen-bond donors (Lipinski definition) is 1. The van der Waals surface area contributed by atoms with E-state index in [2.05, 4.69) is 0 Å². The lowest BCUT2D eigenvalue weighted by Gasteiger charge is -2.17. The first-order valence-electron chi connectivity index (χ1n) is 4.23. The molecule has 0 spiro atoms. The van der Waals surface area contributed by atoms with E-state index in [9.17, 15) is 4.39 Å². The molecule has 2 N–H and O–H groups in total. The Balaban J connectivity index is 0.00000169. The molecule has 1 atom stereocenters. The third kappa shape index (κ3) is 2.84. The van der Waals surface area contributed by atoms with Crippen molar-refractivity contribution in [2.45, 2.75) is 19.9 Å². The summed E-state index contributed by atoms with van der Waals surface area (Å²) in [4.78, 5) is 0. The Morgan fingerprint density at radius 1 is 1.36 bits per heavy atom. The highest BCUT2D eigenvalue weighted by Crippen LogP contribution is 2.27. The Hall–Kier alpha value is -0.310. The second-order valence-electron chi connectivity index (χ2n) is 3.41. The highest BCUT2D eigenvalue weighted by Gasteiger charge is 2.15. The molecule has 0 aliphatic carbocycles. The minimum atomic E-state index is -0.407. The van der Waals surface area contributed by atoms with E-state index in [0.29, 0.717) is 5.56 Å². The second-order valence-corrected chi connectivity index (χ2v) is 3.79. The van der Waals surface area contributed by atoms with Crippen LogP contribution in [0.25, 0.3) is 0 Å². The standard InChI is InChI=1S/C10H13ClFN.ClH/c1-6(2)10(13)7-4-3-5-8(12)9(7)11;/h3-6,10H,13H2,1-2H3;1H. The van der Waals surface area contributed by atoms with Crippen LogP contribution >= 0.6 is 24.0 Å². The summed E-state index contributed by atoms with van der Waals surface area (Å²) in [6.07, 6.45) is 0. The summed E-state index contributed by atoms with van der Waals surface area (Å²) in [7, 11) is 0. The molecule has 0 aliphatic heterocycles. The molecule has 0 aliphatic rings. The van der Waals surface area contributed by atoms with Gasteiger partial charge in [-0.3, -0.25) is 0 Å². The predicted octanol–water partition coefficient (Wildman–Crippen LogP) is 3.56. The normalized spacial score (nSPS) is 12.4. The van der Waals surface area contributed by atoms with E-state index in [1.165, 1.54) is 6.07 Å². The van der Waals surface area contributed by atoms with Crippen LogP contribution in [-0.4, -0.2) is 0 Å². The first-order chi connectivity index (χ1) is 6.04. The summed E-state index contributed by atoms with van der Waals surface area (Å²) in [5, 5.41) is 0.142. The molecule has 0 saturated carbocycles. The SMILES string of the molecule is CC(C)C(N)c1cccc(F)c1Cl.Cl. The summed E-state index contributed by atoms with van der Waals surface area (Å²) in [5.74, 6) is -0.158. The van der Waals surface area contributed by atoms with Gasteiger partial charge in [-0.2, -0.15) is 0 Å². The maximum atomic E-state index is 13.0. The largest absolute Gasteiger partial charge is 0.324 e. The van der Waals surface area contributed by atoms with Crippen molar-refractivity contribution in [2.75, 3.05) is 0 Å². The summed E-state index contributed by atoms with van der Waals surface area (Å²) in [5.41, 5.74) is 6.53. The van der Waals surface area contributed by atoms with E-state index in [1.807, 2.05) is 13.8 Å². The van der Waals surface area contributed by atoms with Crippen LogP contribution in [0.2, 0.25) is 5.02 Å². The molecule has 0 heterocycles. The molecule has 0 radical (unpaired) electrons. The van der Waals surface area contributed by atoms with Crippen LogP contribution in [0.1, 0.15) is 25.5 Å². The predicted molar refractivity (Wildman–Crippen MR) is 60.4 cm³/mol. The number of halogens is 3. The van der Waals surface area contributed by atoms with Crippen LogP contribution in [0.5, 0.6) is 0 Å². The molecular formula is C10H14Cl2FN. The van der Waals surface area contributed by atoms with Gasteiger partial charge >= 0.3 is 0 Å². The molecule has 4 heteroatoms. The Morgan fingerprint density at radius 2 is 1.93 bits per heavy atom. The molecule has 0 fully saturated rings. The first-order valence-corrected chi connectivity index (χ1v) is 4.61. The van der Waals surface area contributed by atoms with E-state index in [-0.39, 0.29) is 29.4 Å². The third-order valence-electron chi connectivity index (χ3n) is 2.06. The topological polar surface area (TPSA) is 26.0 Å². The van der Waals surface area contributed by atoms with Crippen molar-refractivity contribution in [3.05, 3.63) is 34.6 Å². The average molecular weight is 238 g/mol. The molecule has 14 heavy (non-hydrogen) atoms. The molecule has 1 aromatic rings. The van der Waals surface area contributed by atoms with Crippen molar-refractivity contribution in [1.82, 2.24) is 0 Å². The number of benzene rings is 1. The van der Waals surface area contributed by atoms with Gasteiger partial charge in [-0.1, -0.05) is 37.6 Å². The molecule has 1 unspecified atom stereocenters. The van der Waals surface area contributed by atoms with E-state index in [1.54, 1.807) is 12.1 Å². The zero-order valence-electron chi connectivity index (χ0n) is 8.13. The van der Waals surface area contributed by atoms with Crippen LogP contribution in [-0.2, 0) is 0 Å². The molecule has 0 saturated heterocycles. The number of nitrogens with two attached hydrogens (primary N) is 1. The third-order valence-corrected chi connectivity index (χ3v) is 2.46. The molecule has 1 nitrogen and oxygen atoms in total. The lowest BCUT2D eigenvalue weighted by atomic mass is 9.97. The van der Waals surface area contributed by atoms with Crippen LogP contribution < -0.4 is 5.73 Å². The summed E-state index contributed by atoms with van der Waals surface area (Å²) < 4.78 is 13.0. The lowest BCUT2D eigenvalue weighted by Crippen LogP contribution is -2.17. The highest BCUT2D eigenvalue weighted by molar-refractivity contribution is 6.31. The second kappa shape index (κ2) is 5.54. The molecule has 0 bridgehead atoms. The Morgan fingerprint density at radius 3 is 2.43 bits per heavy atom. The van der Waals surface area contributed by atoms with E-state index in [4.69, 9.17) is 17.3 Å². The maximum Gasteiger partial charge on any atom is 0.142 e. The summed E-state index contributed by atoms with van der Waals surface area (Å²) in [6.45, 7) is 3.96. The maximum absolute atomic E-state index is 13.0. The number of rotatable bonds is 2. The lowest BCUT2D eigenvalue weighted by molar-refractivity contribution is 0.510. The Labute approximate surface area is 94.9 Å². The fourth-order valence-electron chi connectivity index (χ4n) is 1.14. The molecule has 1 rings (SSSR count). The van der Waals surface area contributed by atoms with Crippen LogP contribution in [0.3, 0.4) is 0 Å². The zero-order valence-corrected chi connectivity index (χ0v) is 9.70. The minimum absolute atomic E-state index is 0. The fraction of sp³-hybridized carbons (Fsp3) is 0.400. The molecule has 0 aromatic heterocycles. The van der Waals surface area contributed by atoms with Crippen molar-refractivity contribution in [3.63, 3.8) is 0 Å². The monoisotopic (exact) mass is 237 g/mol. The molecular weight excluding hydrogens is 224 g/mol. The van der Waals surface area contributed by atoms with Gasteiger partial charge in [0.2, 0.25) is 0 Å². The van der Waals surface area contributed by atoms with Gasteiger partial charge in [0, 0.05) is 6.04 Å². The Kier molecular flexibility index (Phi) is 5.42. The zero-order chi connectivity index (χ0) is 10.0. The van der Waals surface area contributed by atoms with Gasteiger partial charge in [0.05, 0.1) is 5.02 Å². The van der Waals surface area contributed by atoms with Crippen LogP contribution in [0.4, 0.5) is 4.39 Å². The summed E-state index contributed by atoms with van der Waals surface area (Å²) >= 11 is 5.78. The van der Waals surface area contributed by atoms with Gasteiger partial charge in [0.15, 0.2) is 0 Å². The first kappa shape index (κ1) is 13.7. The minimum Gasteiger partial charge on any atom is -0.324 e. The quantitative estimate of drug-likeness (QED) is 0.837. The highest BCUT2D eigenvalue weighted by atomic mass is 35.5. The Bertz CT molecular complexity index is 302. The summed E-state index contributed by atoms with van der Waals surface area (Å²) in [6, 6.07) is 4.51. The fourth-order valence-corrected chi connectivity index (χ4v) is 1.39. The molecule has 1 aromatic carbocycles. The van der Waals surface area contributed by atoms with Crippen molar-refractivity contribution >= 4 is 24.0 Å². The van der Waals surface area contributed by atoms with E-state index >= 15 is 0 Å². The van der Waals surface area contributed by atoms with E-state index < -0.39 is 5.82 Å². The molecule has 0 amide bonds. The van der Waals surface area contributed by atoms with Crippen molar-refractivity contribution < 1.29 is 4.39 Å². The van der Waals surface area contributed by atoms with Crippen LogP contribution in [0, 0.1) is 11.7 Å². The van der Waals surface area contributed by atoms with Gasteiger partial charge in [-0.05, 0) is 17.5 Å². The smallest absolute Gasteiger partial charge is 0.142 e. The van der Waals surface area contributed by atoms with Crippen molar-refractivity contribution in [3.8, 4) is 0 Å². The van der Waals surface area contributed by atoms with Crippen LogP contribution in [0.15, 0.2) is 18.2 Å². The van der Waals surface area contributed by atoms with Gasteiger partial charge < -0.3 is 5.73 Å². The average Bonchev–Trinajstić information content (AvgIpc) is 2.08. The number of hydrogen-bond acceptors (Lipinski definition) is 1. The van der Waals surface area contributed by atoms with Gasteiger partial charge in [-0.25, -0.2) is 4.39 Å². The van der Waals surface area contributed by atoms with Crippen molar-refractivity contribution in [2.24, 2.45) is 11.7 Å². The van der Waals surface area contributed by atoms with E-state index in [0.717, 1.165) is 0 Å². The van der Waals surface area contributed by atoms with Gasteiger partial charge in [0.25, 0.3) is 0 Å². The van der Waals surface area contributed by atoms with Gasteiger partial charge in [0.1, 0.15) is 5.82 Å².